The maximum absolute atomic E-state index is 13.3. The fourth-order valence-electron chi connectivity index (χ4n) is 2.83. The van der Waals surface area contributed by atoms with Crippen molar-refractivity contribution in [2.75, 3.05) is 26.7 Å². The van der Waals surface area contributed by atoms with E-state index in [1.807, 2.05) is 13.1 Å². The number of nitrogens with zero attached hydrogens (tertiary/aromatic N) is 1. The van der Waals surface area contributed by atoms with E-state index in [0.717, 1.165) is 38.0 Å². The molecule has 1 aromatic carbocycles. The third kappa shape index (κ3) is 4.01. The number of piperidine rings is 1. The molecule has 0 saturated carbocycles. The van der Waals surface area contributed by atoms with Gasteiger partial charge in [-0.1, -0.05) is 19.1 Å². The molecule has 1 aliphatic heterocycles. The van der Waals surface area contributed by atoms with Crippen molar-refractivity contribution in [1.29, 1.82) is 0 Å². The first kappa shape index (κ1) is 15.4. The molecule has 1 aromatic rings. The zero-order valence-corrected chi connectivity index (χ0v) is 12.3. The van der Waals surface area contributed by atoms with E-state index in [4.69, 9.17) is 0 Å². The molecule has 2 rings (SSSR count). The van der Waals surface area contributed by atoms with Crippen LogP contribution in [0, 0.1) is 11.7 Å². The average Bonchev–Trinajstić information content (AvgIpc) is 2.43. The molecule has 3 atom stereocenters. The van der Waals surface area contributed by atoms with Gasteiger partial charge >= 0.3 is 0 Å². The summed E-state index contributed by atoms with van der Waals surface area (Å²) in [6, 6.07) is 6.92. The van der Waals surface area contributed by atoms with Crippen molar-refractivity contribution in [3.8, 4) is 0 Å². The van der Waals surface area contributed by atoms with Gasteiger partial charge < -0.3 is 15.3 Å². The molecular weight excluding hydrogens is 255 g/mol. The Labute approximate surface area is 120 Å². The molecule has 1 saturated heterocycles. The topological polar surface area (TPSA) is 35.5 Å². The highest BCUT2D eigenvalue weighted by atomic mass is 19.1. The van der Waals surface area contributed by atoms with Crippen molar-refractivity contribution in [2.24, 2.45) is 5.92 Å². The van der Waals surface area contributed by atoms with Crippen molar-refractivity contribution >= 4 is 0 Å². The first-order valence-corrected chi connectivity index (χ1v) is 7.43. The third-order valence-corrected chi connectivity index (χ3v) is 4.34. The van der Waals surface area contributed by atoms with Crippen LogP contribution >= 0.6 is 0 Å². The normalized spacial score (nSPS) is 25.6. The van der Waals surface area contributed by atoms with Gasteiger partial charge in [-0.25, -0.2) is 4.39 Å². The standard InChI is InChI=1S/C16H25FN2O/c1-12-6-8-19(11-16(12)20)9-7-15(18-2)13-4-3-5-14(17)10-13/h3-5,10,12,15-16,18,20H,6-9,11H2,1-2H3. The van der Waals surface area contributed by atoms with Gasteiger partial charge in [-0.2, -0.15) is 0 Å². The molecule has 0 aliphatic carbocycles. The first-order chi connectivity index (χ1) is 9.60. The lowest BCUT2D eigenvalue weighted by Crippen LogP contribution is -2.43. The van der Waals surface area contributed by atoms with E-state index in [1.165, 1.54) is 6.07 Å². The highest BCUT2D eigenvalue weighted by Crippen LogP contribution is 2.21. The summed E-state index contributed by atoms with van der Waals surface area (Å²) in [4.78, 5) is 2.30. The fraction of sp³-hybridized carbons (Fsp3) is 0.625. The summed E-state index contributed by atoms with van der Waals surface area (Å²) >= 11 is 0. The van der Waals surface area contributed by atoms with Gasteiger partial charge in [0.1, 0.15) is 5.82 Å². The lowest BCUT2D eigenvalue weighted by molar-refractivity contribution is 0.0278. The van der Waals surface area contributed by atoms with Crippen LogP contribution in [0.4, 0.5) is 4.39 Å². The molecule has 20 heavy (non-hydrogen) atoms. The monoisotopic (exact) mass is 280 g/mol. The molecule has 3 nitrogen and oxygen atoms in total. The van der Waals surface area contributed by atoms with Gasteiger partial charge in [-0.15, -0.1) is 0 Å². The molecule has 1 heterocycles. The van der Waals surface area contributed by atoms with Crippen molar-refractivity contribution < 1.29 is 9.50 Å². The molecule has 0 spiro atoms. The van der Waals surface area contributed by atoms with E-state index in [0.29, 0.717) is 5.92 Å². The van der Waals surface area contributed by atoms with Crippen molar-refractivity contribution in [3.05, 3.63) is 35.6 Å². The van der Waals surface area contributed by atoms with E-state index in [-0.39, 0.29) is 18.0 Å². The molecule has 3 unspecified atom stereocenters. The number of aliphatic hydroxyl groups excluding tert-OH is 1. The largest absolute Gasteiger partial charge is 0.392 e. The van der Waals surface area contributed by atoms with E-state index in [1.54, 1.807) is 12.1 Å². The van der Waals surface area contributed by atoms with Crippen LogP contribution in [0.25, 0.3) is 0 Å². The van der Waals surface area contributed by atoms with Crippen LogP contribution in [0.5, 0.6) is 0 Å². The number of rotatable bonds is 5. The lowest BCUT2D eigenvalue weighted by atomic mass is 9.95. The number of aliphatic hydroxyl groups is 1. The molecular formula is C16H25FN2O. The van der Waals surface area contributed by atoms with Crippen LogP contribution in [0.1, 0.15) is 31.4 Å². The van der Waals surface area contributed by atoms with Gasteiger partial charge in [0.15, 0.2) is 0 Å². The minimum Gasteiger partial charge on any atom is -0.392 e. The lowest BCUT2D eigenvalue weighted by Gasteiger charge is -2.35. The van der Waals surface area contributed by atoms with E-state index >= 15 is 0 Å². The number of hydrogen-bond acceptors (Lipinski definition) is 3. The van der Waals surface area contributed by atoms with Crippen molar-refractivity contribution in [1.82, 2.24) is 10.2 Å². The molecule has 1 aliphatic rings. The van der Waals surface area contributed by atoms with Crippen LogP contribution in [-0.2, 0) is 0 Å². The average molecular weight is 280 g/mol. The third-order valence-electron chi connectivity index (χ3n) is 4.34. The number of hydrogen-bond donors (Lipinski definition) is 2. The molecule has 4 heteroatoms. The summed E-state index contributed by atoms with van der Waals surface area (Å²) in [7, 11) is 1.91. The van der Waals surface area contributed by atoms with E-state index in [9.17, 15) is 9.50 Å². The van der Waals surface area contributed by atoms with E-state index in [2.05, 4.69) is 17.1 Å². The Bertz CT molecular complexity index is 427. The molecule has 112 valence electrons. The van der Waals surface area contributed by atoms with Gasteiger partial charge in [0, 0.05) is 19.1 Å². The van der Waals surface area contributed by atoms with E-state index < -0.39 is 0 Å². The molecule has 0 aromatic heterocycles. The smallest absolute Gasteiger partial charge is 0.123 e. The molecule has 0 amide bonds. The molecule has 0 bridgehead atoms. The summed E-state index contributed by atoms with van der Waals surface area (Å²) < 4.78 is 13.3. The van der Waals surface area contributed by atoms with Crippen molar-refractivity contribution in [3.63, 3.8) is 0 Å². The fourth-order valence-corrected chi connectivity index (χ4v) is 2.83. The second-order valence-corrected chi connectivity index (χ2v) is 5.82. The first-order valence-electron chi connectivity index (χ1n) is 7.43. The number of nitrogens with one attached hydrogen (secondary N) is 1. The Morgan fingerprint density at radius 1 is 1.50 bits per heavy atom. The Hall–Kier alpha value is -0.970. The maximum Gasteiger partial charge on any atom is 0.123 e. The number of halogens is 1. The van der Waals surface area contributed by atoms with Gasteiger partial charge in [-0.3, -0.25) is 0 Å². The Morgan fingerprint density at radius 3 is 2.95 bits per heavy atom. The molecule has 2 N–H and O–H groups in total. The highest BCUT2D eigenvalue weighted by molar-refractivity contribution is 5.20. The minimum absolute atomic E-state index is 0.155. The minimum atomic E-state index is -0.217. The van der Waals surface area contributed by atoms with Gasteiger partial charge in [0.05, 0.1) is 6.10 Å². The van der Waals surface area contributed by atoms with Crippen LogP contribution in [0.3, 0.4) is 0 Å². The zero-order chi connectivity index (χ0) is 14.5. The molecule has 0 radical (unpaired) electrons. The number of β-amino-alcohol motifs (C(OH)–C–C–N with tert-alkyl or cyclic N) is 1. The predicted molar refractivity (Wildman–Crippen MR) is 79.0 cm³/mol. The number of likely N-dealkylation sites (tertiary alicyclic amines) is 1. The predicted octanol–water partition coefficient (Wildman–Crippen LogP) is 2.18. The van der Waals surface area contributed by atoms with Crippen molar-refractivity contribution in [2.45, 2.75) is 31.9 Å². The summed E-state index contributed by atoms with van der Waals surface area (Å²) in [6.07, 6.45) is 1.75. The van der Waals surface area contributed by atoms with Crippen LogP contribution in [-0.4, -0.2) is 42.8 Å². The van der Waals surface area contributed by atoms with Crippen LogP contribution in [0.15, 0.2) is 24.3 Å². The summed E-state index contributed by atoms with van der Waals surface area (Å²) in [5, 5.41) is 13.2. The summed E-state index contributed by atoms with van der Waals surface area (Å²) in [5.74, 6) is 0.208. The highest BCUT2D eigenvalue weighted by Gasteiger charge is 2.24. The Morgan fingerprint density at radius 2 is 2.30 bits per heavy atom. The van der Waals surface area contributed by atoms with Gasteiger partial charge in [0.2, 0.25) is 0 Å². The summed E-state index contributed by atoms with van der Waals surface area (Å²) in [5.41, 5.74) is 0.985. The van der Waals surface area contributed by atoms with Gasteiger partial charge in [0.25, 0.3) is 0 Å². The zero-order valence-electron chi connectivity index (χ0n) is 12.3. The Balaban J connectivity index is 1.88. The molecule has 1 fully saturated rings. The van der Waals surface area contributed by atoms with Gasteiger partial charge in [-0.05, 0) is 50.0 Å². The second-order valence-electron chi connectivity index (χ2n) is 5.82. The van der Waals surface area contributed by atoms with Crippen LogP contribution < -0.4 is 5.32 Å². The van der Waals surface area contributed by atoms with Crippen LogP contribution in [0.2, 0.25) is 0 Å². The maximum atomic E-state index is 13.3. The summed E-state index contributed by atoms with van der Waals surface area (Å²) in [6.45, 7) is 4.81. The quantitative estimate of drug-likeness (QED) is 0.868. The SMILES string of the molecule is CNC(CCN1CCC(C)C(O)C1)c1cccc(F)c1. The number of benzene rings is 1. The second kappa shape index (κ2) is 7.16. The Kier molecular flexibility index (Phi) is 5.52.